The van der Waals surface area contributed by atoms with Gasteiger partial charge in [-0.25, -0.2) is 4.79 Å². The normalized spacial score (nSPS) is 9.73. The second kappa shape index (κ2) is 5.29. The number of carbonyl (C=O) groups is 2. The lowest BCUT2D eigenvalue weighted by Gasteiger charge is -2.02. The molecule has 0 amide bonds. The van der Waals surface area contributed by atoms with Crippen molar-refractivity contribution in [3.63, 3.8) is 0 Å². The molecule has 0 aliphatic rings. The molecule has 1 aromatic rings. The second-order valence-electron chi connectivity index (χ2n) is 3.10. The van der Waals surface area contributed by atoms with Crippen LogP contribution in [0.25, 0.3) is 0 Å². The Labute approximate surface area is 89.1 Å². The van der Waals surface area contributed by atoms with Crippen molar-refractivity contribution in [1.29, 1.82) is 0 Å². The van der Waals surface area contributed by atoms with E-state index in [4.69, 9.17) is 0 Å². The van der Waals surface area contributed by atoms with Crippen molar-refractivity contribution in [3.8, 4) is 0 Å². The summed E-state index contributed by atoms with van der Waals surface area (Å²) in [7, 11) is 0. The lowest BCUT2D eigenvalue weighted by atomic mass is 10.1. The average molecular weight is 206 g/mol. The highest BCUT2D eigenvalue weighted by Crippen LogP contribution is 2.07. The molecule has 0 unspecified atom stereocenters. The Morgan fingerprint density at radius 2 is 2.00 bits per heavy atom. The number of Topliss-reactive ketones (excluding diaryl/α,β-unsaturated/α-hetero) is 1. The Kier molecular flexibility index (Phi) is 4.03. The van der Waals surface area contributed by atoms with Crippen LogP contribution in [0.4, 0.5) is 0 Å². The fourth-order valence-corrected chi connectivity index (χ4v) is 1.25. The molecule has 0 spiro atoms. The lowest BCUT2D eigenvalue weighted by molar-refractivity contribution is -0.137. The number of hydrogen-bond donors (Lipinski definition) is 0. The number of esters is 1. The zero-order chi connectivity index (χ0) is 11.3. The van der Waals surface area contributed by atoms with Crippen LogP contribution in [-0.4, -0.2) is 18.4 Å². The summed E-state index contributed by atoms with van der Waals surface area (Å²) in [6.07, 6.45) is 0.837. The molecule has 80 valence electrons. The van der Waals surface area contributed by atoms with Crippen molar-refractivity contribution in [2.45, 2.75) is 20.3 Å². The lowest BCUT2D eigenvalue weighted by Crippen LogP contribution is -2.17. The number of aryl methyl sites for hydroxylation is 1. The average Bonchev–Trinajstić information content (AvgIpc) is 2.28. The van der Waals surface area contributed by atoms with Gasteiger partial charge in [0, 0.05) is 5.56 Å². The smallest absolute Gasteiger partial charge is 0.379 e. The van der Waals surface area contributed by atoms with Gasteiger partial charge in [-0.3, -0.25) is 4.79 Å². The standard InChI is InChI=1S/C12H14O3/c1-3-9-6-5-7-10(8-9)11(13)12(14)15-4-2/h5-8H,3-4H2,1-2H3. The van der Waals surface area contributed by atoms with Gasteiger partial charge in [0.05, 0.1) is 6.61 Å². The third-order valence-corrected chi connectivity index (χ3v) is 2.06. The molecule has 1 rings (SSSR count). The number of ketones is 1. The first-order valence-corrected chi connectivity index (χ1v) is 4.99. The van der Waals surface area contributed by atoms with Gasteiger partial charge in [0.15, 0.2) is 0 Å². The summed E-state index contributed by atoms with van der Waals surface area (Å²) in [5.41, 5.74) is 1.43. The molecule has 0 aliphatic carbocycles. The summed E-state index contributed by atoms with van der Waals surface area (Å²) >= 11 is 0. The van der Waals surface area contributed by atoms with Crippen molar-refractivity contribution in [1.82, 2.24) is 0 Å². The second-order valence-corrected chi connectivity index (χ2v) is 3.10. The van der Waals surface area contributed by atoms with Crippen molar-refractivity contribution in [3.05, 3.63) is 35.4 Å². The van der Waals surface area contributed by atoms with Gasteiger partial charge in [-0.2, -0.15) is 0 Å². The molecular weight excluding hydrogens is 192 g/mol. The van der Waals surface area contributed by atoms with E-state index in [0.717, 1.165) is 12.0 Å². The molecular formula is C12H14O3. The summed E-state index contributed by atoms with van der Waals surface area (Å²) in [5, 5.41) is 0. The van der Waals surface area contributed by atoms with Gasteiger partial charge in [-0.1, -0.05) is 25.1 Å². The molecule has 0 bridgehead atoms. The van der Waals surface area contributed by atoms with Gasteiger partial charge in [0.1, 0.15) is 0 Å². The maximum Gasteiger partial charge on any atom is 0.379 e. The van der Waals surface area contributed by atoms with Crippen molar-refractivity contribution >= 4 is 11.8 Å². The fourth-order valence-electron chi connectivity index (χ4n) is 1.25. The van der Waals surface area contributed by atoms with Crippen molar-refractivity contribution < 1.29 is 14.3 Å². The largest absolute Gasteiger partial charge is 0.460 e. The molecule has 0 aromatic heterocycles. The van der Waals surface area contributed by atoms with Crippen LogP contribution in [0.3, 0.4) is 0 Å². The summed E-state index contributed by atoms with van der Waals surface area (Å²) in [4.78, 5) is 22.7. The molecule has 0 saturated heterocycles. The van der Waals surface area contributed by atoms with Crippen LogP contribution in [0.1, 0.15) is 29.8 Å². The third-order valence-electron chi connectivity index (χ3n) is 2.06. The predicted molar refractivity (Wildman–Crippen MR) is 56.8 cm³/mol. The van der Waals surface area contributed by atoms with E-state index in [1.54, 1.807) is 25.1 Å². The maximum absolute atomic E-state index is 11.5. The minimum Gasteiger partial charge on any atom is -0.460 e. The first kappa shape index (κ1) is 11.4. The molecule has 3 nitrogen and oxygen atoms in total. The molecule has 0 heterocycles. The Morgan fingerprint density at radius 3 is 2.60 bits per heavy atom. The molecule has 15 heavy (non-hydrogen) atoms. The van der Waals surface area contributed by atoms with Gasteiger partial charge in [0.2, 0.25) is 0 Å². The molecule has 3 heteroatoms. The fraction of sp³-hybridized carbons (Fsp3) is 0.333. The number of carbonyl (C=O) groups excluding carboxylic acids is 2. The highest BCUT2D eigenvalue weighted by molar-refractivity contribution is 6.40. The summed E-state index contributed by atoms with van der Waals surface area (Å²) in [6.45, 7) is 3.89. The Morgan fingerprint density at radius 1 is 1.27 bits per heavy atom. The van der Waals surface area contributed by atoms with Gasteiger partial charge >= 0.3 is 5.97 Å². The van der Waals surface area contributed by atoms with E-state index in [1.807, 2.05) is 13.0 Å². The Balaban J connectivity index is 2.86. The van der Waals surface area contributed by atoms with Crippen LogP contribution in [-0.2, 0) is 16.0 Å². The molecule has 0 aliphatic heterocycles. The molecule has 0 radical (unpaired) electrons. The molecule has 0 saturated carbocycles. The van der Waals surface area contributed by atoms with E-state index in [2.05, 4.69) is 4.74 Å². The summed E-state index contributed by atoms with van der Waals surface area (Å²) in [5.74, 6) is -1.36. The van der Waals surface area contributed by atoms with Crippen LogP contribution >= 0.6 is 0 Å². The number of benzene rings is 1. The third kappa shape index (κ3) is 2.91. The quantitative estimate of drug-likeness (QED) is 0.430. The Hall–Kier alpha value is -1.64. The van der Waals surface area contributed by atoms with Gasteiger partial charge in [0.25, 0.3) is 5.78 Å². The van der Waals surface area contributed by atoms with Crippen molar-refractivity contribution in [2.75, 3.05) is 6.61 Å². The van der Waals surface area contributed by atoms with E-state index < -0.39 is 11.8 Å². The van der Waals surface area contributed by atoms with Crippen molar-refractivity contribution in [2.24, 2.45) is 0 Å². The maximum atomic E-state index is 11.5. The van der Waals surface area contributed by atoms with E-state index in [-0.39, 0.29) is 6.61 Å². The highest BCUT2D eigenvalue weighted by atomic mass is 16.5. The molecule has 0 N–H and O–H groups in total. The first-order valence-electron chi connectivity index (χ1n) is 4.99. The predicted octanol–water partition coefficient (Wildman–Crippen LogP) is 1.99. The Bertz CT molecular complexity index is 369. The van der Waals surface area contributed by atoms with E-state index in [9.17, 15) is 9.59 Å². The zero-order valence-electron chi connectivity index (χ0n) is 8.95. The highest BCUT2D eigenvalue weighted by Gasteiger charge is 2.16. The zero-order valence-corrected chi connectivity index (χ0v) is 8.95. The summed E-state index contributed by atoms with van der Waals surface area (Å²) in [6, 6.07) is 7.03. The topological polar surface area (TPSA) is 43.4 Å². The molecule has 0 fully saturated rings. The van der Waals surface area contributed by atoms with Crippen LogP contribution in [0.2, 0.25) is 0 Å². The van der Waals surface area contributed by atoms with Gasteiger partial charge in [-0.05, 0) is 25.0 Å². The van der Waals surface area contributed by atoms with Crippen LogP contribution in [0.5, 0.6) is 0 Å². The minimum atomic E-state index is -0.786. The number of hydrogen-bond acceptors (Lipinski definition) is 3. The minimum absolute atomic E-state index is 0.220. The van der Waals surface area contributed by atoms with Crippen LogP contribution in [0, 0.1) is 0 Å². The van der Waals surface area contributed by atoms with E-state index >= 15 is 0 Å². The van der Waals surface area contributed by atoms with Gasteiger partial charge < -0.3 is 4.74 Å². The van der Waals surface area contributed by atoms with E-state index in [0.29, 0.717) is 5.56 Å². The van der Waals surface area contributed by atoms with Crippen LogP contribution in [0.15, 0.2) is 24.3 Å². The monoisotopic (exact) mass is 206 g/mol. The SMILES string of the molecule is CCOC(=O)C(=O)c1cccc(CC)c1. The number of ether oxygens (including phenoxy) is 1. The molecule has 1 aromatic carbocycles. The van der Waals surface area contributed by atoms with Crippen LogP contribution < -0.4 is 0 Å². The van der Waals surface area contributed by atoms with E-state index in [1.165, 1.54) is 0 Å². The summed E-state index contributed by atoms with van der Waals surface area (Å²) < 4.78 is 4.64. The van der Waals surface area contributed by atoms with Gasteiger partial charge in [-0.15, -0.1) is 0 Å². The first-order chi connectivity index (χ1) is 7.19. The number of rotatable bonds is 4. The molecule has 0 atom stereocenters.